The highest BCUT2D eigenvalue weighted by atomic mass is 19.4. The van der Waals surface area contributed by atoms with Gasteiger partial charge in [0.05, 0.1) is 5.56 Å². The summed E-state index contributed by atoms with van der Waals surface area (Å²) in [6, 6.07) is 5.13. The first kappa shape index (κ1) is 26.3. The molecule has 0 bridgehead atoms. The fraction of sp³-hybridized carbons (Fsp3) is 0.259. The molecule has 6 rings (SSSR count). The summed E-state index contributed by atoms with van der Waals surface area (Å²) in [7, 11) is 0. The maximum absolute atomic E-state index is 15.5. The van der Waals surface area contributed by atoms with Crippen molar-refractivity contribution in [1.82, 2.24) is 24.7 Å². The number of hydrogen-bond acceptors (Lipinski definition) is 8. The molecule has 0 atom stereocenters. The molecule has 0 radical (unpaired) electrons. The molecular formula is C27H22F4N8O2. The van der Waals surface area contributed by atoms with Gasteiger partial charge in [0.15, 0.2) is 0 Å². The molecule has 2 fully saturated rings. The molecule has 0 saturated carbocycles. The molecule has 4 N–H and O–H groups in total. The summed E-state index contributed by atoms with van der Waals surface area (Å²) in [6.45, 7) is 1.91. The van der Waals surface area contributed by atoms with E-state index in [9.17, 15) is 22.8 Å². The first-order valence-corrected chi connectivity index (χ1v) is 12.6. The van der Waals surface area contributed by atoms with E-state index in [1.807, 2.05) is 10.8 Å². The van der Waals surface area contributed by atoms with Gasteiger partial charge in [0.25, 0.3) is 5.91 Å². The molecule has 1 amide bonds. The number of carbonyl (C=O) groups excluding carboxylic acids is 2. The van der Waals surface area contributed by atoms with Crippen molar-refractivity contribution >= 4 is 34.9 Å². The van der Waals surface area contributed by atoms with Gasteiger partial charge in [-0.25, -0.2) is 24.1 Å². The molecule has 1 spiro atoms. The zero-order chi connectivity index (χ0) is 28.9. The number of nitrogens with zero attached hydrogens (tertiary/aromatic N) is 5. The van der Waals surface area contributed by atoms with Crippen LogP contribution in [0.2, 0.25) is 0 Å². The Morgan fingerprint density at radius 2 is 1.90 bits per heavy atom. The van der Waals surface area contributed by atoms with E-state index in [1.165, 1.54) is 18.3 Å². The van der Waals surface area contributed by atoms with Crippen LogP contribution in [0.1, 0.15) is 28.8 Å². The first-order valence-electron chi connectivity index (χ1n) is 12.6. The van der Waals surface area contributed by atoms with Gasteiger partial charge < -0.3 is 21.3 Å². The molecule has 5 heterocycles. The number of fused-ring (bicyclic) bond motifs is 1. The number of nitrogens with one attached hydrogen (secondary N) is 2. The number of alkyl halides is 3. The Bertz CT molecular complexity index is 1740. The average molecular weight is 567 g/mol. The fourth-order valence-electron chi connectivity index (χ4n) is 5.30. The van der Waals surface area contributed by atoms with Crippen LogP contribution in [-0.4, -0.2) is 50.8 Å². The van der Waals surface area contributed by atoms with Gasteiger partial charge in [0, 0.05) is 54.8 Å². The second-order valence-electron chi connectivity index (χ2n) is 9.97. The minimum Gasteiger partial charge on any atom is -0.382 e. The van der Waals surface area contributed by atoms with Gasteiger partial charge in [0.1, 0.15) is 40.3 Å². The molecule has 10 nitrogen and oxygen atoms in total. The number of nitrogen functional groups attached to an aromatic ring is 1. The summed E-state index contributed by atoms with van der Waals surface area (Å²) < 4.78 is 56.2. The summed E-state index contributed by atoms with van der Waals surface area (Å²) in [5, 5.41) is 5.29. The van der Waals surface area contributed by atoms with Crippen LogP contribution >= 0.6 is 0 Å². The highest BCUT2D eigenvalue weighted by molar-refractivity contribution is 6.04. The fourth-order valence-corrected chi connectivity index (χ4v) is 5.30. The van der Waals surface area contributed by atoms with Crippen molar-refractivity contribution < 1.29 is 27.2 Å². The SMILES string of the molecule is Nc1nccn2c(N3CCC4(CC3)CNC4=C=O)nc(-c3ccc(C(=O)Nc4cc(C(F)(F)F)ccn4)cc3F)c12. The second-order valence-corrected chi connectivity index (χ2v) is 9.97. The number of rotatable bonds is 4. The lowest BCUT2D eigenvalue weighted by molar-refractivity contribution is -0.137. The van der Waals surface area contributed by atoms with Crippen LogP contribution in [-0.2, 0) is 11.0 Å². The van der Waals surface area contributed by atoms with Gasteiger partial charge in [-0.2, -0.15) is 13.2 Å². The second kappa shape index (κ2) is 9.59. The standard InChI is InChI=1S/C27H22F4N8O2/c28-18-11-15(24(41)36-20-12-16(3-6-33-20)27(29,30)31)1-2-17(18)21-22-23(32)34-7-10-39(22)25(37-21)38-8-4-26(5-9-38)14-35-19(26)13-40/h1-3,6-7,10-12,35H,4-5,8-9,14H2,(H2,32,34)(H,33,36,41). The Kier molecular flexibility index (Phi) is 6.14. The minimum absolute atomic E-state index is 0.0602. The van der Waals surface area contributed by atoms with Crippen molar-refractivity contribution in [1.29, 1.82) is 0 Å². The number of piperidine rings is 1. The topological polar surface area (TPSA) is 131 Å². The highest BCUT2D eigenvalue weighted by Crippen LogP contribution is 2.43. The quantitative estimate of drug-likeness (QED) is 0.252. The largest absolute Gasteiger partial charge is 0.416 e. The highest BCUT2D eigenvalue weighted by Gasteiger charge is 2.46. The van der Waals surface area contributed by atoms with E-state index in [-0.39, 0.29) is 33.9 Å². The van der Waals surface area contributed by atoms with E-state index in [1.54, 1.807) is 10.6 Å². The van der Waals surface area contributed by atoms with Gasteiger partial charge in [0.2, 0.25) is 5.95 Å². The van der Waals surface area contributed by atoms with Crippen LogP contribution in [0.25, 0.3) is 16.8 Å². The zero-order valence-corrected chi connectivity index (χ0v) is 21.3. The third kappa shape index (κ3) is 4.51. The molecule has 14 heteroatoms. The molecule has 4 aromatic rings. The Hall–Kier alpha value is -4.97. The predicted octanol–water partition coefficient (Wildman–Crippen LogP) is 3.69. The van der Waals surface area contributed by atoms with E-state index in [0.29, 0.717) is 55.7 Å². The van der Waals surface area contributed by atoms with Gasteiger partial charge in [-0.3, -0.25) is 9.20 Å². The number of benzene rings is 1. The molecule has 2 aliphatic rings. The number of imidazole rings is 1. The van der Waals surface area contributed by atoms with Crippen LogP contribution in [0, 0.1) is 11.2 Å². The Balaban J connectivity index is 1.29. The van der Waals surface area contributed by atoms with Crippen LogP contribution < -0.4 is 21.3 Å². The van der Waals surface area contributed by atoms with Crippen LogP contribution in [0.5, 0.6) is 0 Å². The Morgan fingerprint density at radius 3 is 2.56 bits per heavy atom. The van der Waals surface area contributed by atoms with E-state index in [4.69, 9.17) is 10.7 Å². The number of nitrogens with two attached hydrogens (primary N) is 1. The normalized spacial score (nSPS) is 16.3. The first-order chi connectivity index (χ1) is 19.6. The third-order valence-corrected chi connectivity index (χ3v) is 7.62. The number of pyridine rings is 1. The molecule has 0 unspecified atom stereocenters. The van der Waals surface area contributed by atoms with Gasteiger partial charge in [-0.05, 0) is 43.2 Å². The molecular weight excluding hydrogens is 544 g/mol. The van der Waals surface area contributed by atoms with Gasteiger partial charge in [-0.1, -0.05) is 0 Å². The van der Waals surface area contributed by atoms with Crippen LogP contribution in [0.3, 0.4) is 0 Å². The van der Waals surface area contributed by atoms with Crippen molar-refractivity contribution in [2.24, 2.45) is 5.41 Å². The van der Waals surface area contributed by atoms with Crippen molar-refractivity contribution in [3.8, 4) is 11.3 Å². The molecule has 3 aromatic heterocycles. The van der Waals surface area contributed by atoms with Gasteiger partial charge >= 0.3 is 6.18 Å². The maximum atomic E-state index is 15.5. The van der Waals surface area contributed by atoms with E-state index >= 15 is 4.39 Å². The lowest BCUT2D eigenvalue weighted by Gasteiger charge is -2.48. The molecule has 2 aliphatic heterocycles. The number of amides is 1. The lowest BCUT2D eigenvalue weighted by Crippen LogP contribution is -2.56. The summed E-state index contributed by atoms with van der Waals surface area (Å²) >= 11 is 0. The summed E-state index contributed by atoms with van der Waals surface area (Å²) in [4.78, 5) is 38.6. The lowest BCUT2D eigenvalue weighted by atomic mass is 9.71. The third-order valence-electron chi connectivity index (χ3n) is 7.62. The number of hydrogen-bond donors (Lipinski definition) is 3. The van der Waals surface area contributed by atoms with Crippen molar-refractivity contribution in [2.75, 3.05) is 35.6 Å². The van der Waals surface area contributed by atoms with E-state index < -0.39 is 23.5 Å². The molecule has 41 heavy (non-hydrogen) atoms. The molecule has 0 aliphatic carbocycles. The smallest absolute Gasteiger partial charge is 0.382 e. The maximum Gasteiger partial charge on any atom is 0.416 e. The monoisotopic (exact) mass is 566 g/mol. The molecule has 1 aromatic carbocycles. The van der Waals surface area contributed by atoms with Crippen molar-refractivity contribution in [3.63, 3.8) is 0 Å². The predicted molar refractivity (Wildman–Crippen MR) is 141 cm³/mol. The Labute approximate surface area is 229 Å². The van der Waals surface area contributed by atoms with Crippen LogP contribution in [0.4, 0.5) is 35.1 Å². The van der Waals surface area contributed by atoms with Crippen molar-refractivity contribution in [2.45, 2.75) is 19.0 Å². The minimum atomic E-state index is -4.61. The van der Waals surface area contributed by atoms with Gasteiger partial charge in [-0.15, -0.1) is 0 Å². The van der Waals surface area contributed by atoms with Crippen LogP contribution in [0.15, 0.2) is 54.6 Å². The summed E-state index contributed by atoms with van der Waals surface area (Å²) in [5.74, 6) is 0.695. The zero-order valence-electron chi connectivity index (χ0n) is 21.3. The number of anilines is 3. The number of halogens is 4. The van der Waals surface area contributed by atoms with Crippen molar-refractivity contribution in [3.05, 3.63) is 71.6 Å². The Morgan fingerprint density at radius 1 is 1.12 bits per heavy atom. The average Bonchev–Trinajstić information content (AvgIpc) is 3.33. The molecule has 2 saturated heterocycles. The number of aromatic nitrogens is 4. The number of carbonyl (C=O) groups is 1. The summed E-state index contributed by atoms with van der Waals surface area (Å²) in [5.41, 5.74) is 6.12. The van der Waals surface area contributed by atoms with E-state index in [2.05, 4.69) is 20.6 Å². The summed E-state index contributed by atoms with van der Waals surface area (Å²) in [6.07, 6.45) is 0.926. The van der Waals surface area contributed by atoms with E-state index in [0.717, 1.165) is 18.3 Å². The molecule has 210 valence electrons.